The molecule has 1 aromatic rings. The summed E-state index contributed by atoms with van der Waals surface area (Å²) in [5.74, 6) is 1.08. The first-order valence-corrected chi connectivity index (χ1v) is 6.84. The maximum atomic E-state index is 13.1. The van der Waals surface area contributed by atoms with Gasteiger partial charge in [-0.15, -0.1) is 0 Å². The fraction of sp³-hybridized carbons (Fsp3) is 0.600. The van der Waals surface area contributed by atoms with Crippen LogP contribution in [-0.4, -0.2) is 18.7 Å². The Labute approximate surface area is 109 Å². The molecule has 0 aromatic heterocycles. The zero-order chi connectivity index (χ0) is 13.0. The number of rotatable bonds is 4. The molecule has 3 atom stereocenters. The third kappa shape index (κ3) is 3.45. The van der Waals surface area contributed by atoms with Crippen molar-refractivity contribution in [2.24, 2.45) is 5.92 Å². The molecule has 1 fully saturated rings. The van der Waals surface area contributed by atoms with Crippen LogP contribution in [0.1, 0.15) is 33.1 Å². The van der Waals surface area contributed by atoms with E-state index in [4.69, 9.17) is 4.74 Å². The number of hydrogen-bond donors (Lipinski definition) is 1. The summed E-state index contributed by atoms with van der Waals surface area (Å²) in [7, 11) is 0. The van der Waals surface area contributed by atoms with E-state index in [2.05, 4.69) is 19.2 Å². The van der Waals surface area contributed by atoms with E-state index in [0.717, 1.165) is 19.4 Å². The Morgan fingerprint density at radius 1 is 1.39 bits per heavy atom. The van der Waals surface area contributed by atoms with Gasteiger partial charge in [-0.2, -0.15) is 0 Å². The summed E-state index contributed by atoms with van der Waals surface area (Å²) in [6.45, 7) is 5.31. The third-order valence-corrected chi connectivity index (χ3v) is 3.60. The SMILES string of the molecule is CCNC1CCC(C)CC1Oc1cccc(F)c1. The minimum Gasteiger partial charge on any atom is -0.489 e. The molecule has 18 heavy (non-hydrogen) atoms. The Morgan fingerprint density at radius 3 is 2.94 bits per heavy atom. The van der Waals surface area contributed by atoms with Crippen molar-refractivity contribution in [3.8, 4) is 5.75 Å². The molecule has 100 valence electrons. The predicted molar refractivity (Wildman–Crippen MR) is 71.3 cm³/mol. The largest absolute Gasteiger partial charge is 0.489 e. The standard InChI is InChI=1S/C15H22FNO/c1-3-17-14-8-7-11(2)9-15(14)18-13-6-4-5-12(16)10-13/h4-6,10-11,14-15,17H,3,7-9H2,1-2H3. The number of hydrogen-bond acceptors (Lipinski definition) is 2. The molecule has 0 saturated heterocycles. The average Bonchev–Trinajstić information content (AvgIpc) is 2.33. The number of likely N-dealkylation sites (N-methyl/N-ethyl adjacent to an activating group) is 1. The van der Waals surface area contributed by atoms with Crippen molar-refractivity contribution in [1.82, 2.24) is 5.32 Å². The van der Waals surface area contributed by atoms with E-state index < -0.39 is 0 Å². The zero-order valence-electron chi connectivity index (χ0n) is 11.2. The average molecular weight is 251 g/mol. The first-order chi connectivity index (χ1) is 8.69. The number of halogens is 1. The Morgan fingerprint density at radius 2 is 2.22 bits per heavy atom. The monoisotopic (exact) mass is 251 g/mol. The predicted octanol–water partition coefficient (Wildman–Crippen LogP) is 3.37. The van der Waals surface area contributed by atoms with Crippen LogP contribution in [0.4, 0.5) is 4.39 Å². The quantitative estimate of drug-likeness (QED) is 0.886. The zero-order valence-corrected chi connectivity index (χ0v) is 11.2. The first-order valence-electron chi connectivity index (χ1n) is 6.84. The van der Waals surface area contributed by atoms with Crippen LogP contribution in [0, 0.1) is 11.7 Å². The van der Waals surface area contributed by atoms with Crippen molar-refractivity contribution in [3.63, 3.8) is 0 Å². The molecule has 0 aliphatic heterocycles. The second-order valence-corrected chi connectivity index (χ2v) is 5.20. The second kappa shape index (κ2) is 6.19. The van der Waals surface area contributed by atoms with Gasteiger partial charge in [0, 0.05) is 12.1 Å². The summed E-state index contributed by atoms with van der Waals surface area (Å²) < 4.78 is 19.1. The van der Waals surface area contributed by atoms with E-state index in [1.165, 1.54) is 18.6 Å². The van der Waals surface area contributed by atoms with E-state index in [9.17, 15) is 4.39 Å². The van der Waals surface area contributed by atoms with E-state index in [0.29, 0.717) is 17.7 Å². The Kier molecular flexibility index (Phi) is 4.59. The van der Waals surface area contributed by atoms with Crippen LogP contribution in [0.3, 0.4) is 0 Å². The lowest BCUT2D eigenvalue weighted by atomic mass is 9.85. The highest BCUT2D eigenvalue weighted by Gasteiger charge is 2.29. The van der Waals surface area contributed by atoms with Gasteiger partial charge in [0.05, 0.1) is 0 Å². The van der Waals surface area contributed by atoms with Gasteiger partial charge in [-0.1, -0.05) is 19.9 Å². The molecule has 1 saturated carbocycles. The van der Waals surface area contributed by atoms with Crippen molar-refractivity contribution in [2.75, 3.05) is 6.54 Å². The third-order valence-electron chi connectivity index (χ3n) is 3.60. The summed E-state index contributed by atoms with van der Waals surface area (Å²) in [5.41, 5.74) is 0. The summed E-state index contributed by atoms with van der Waals surface area (Å²) >= 11 is 0. The van der Waals surface area contributed by atoms with Crippen LogP contribution in [0.25, 0.3) is 0 Å². The summed E-state index contributed by atoms with van der Waals surface area (Å²) in [6.07, 6.45) is 3.56. The van der Waals surface area contributed by atoms with Crippen LogP contribution >= 0.6 is 0 Å². The highest BCUT2D eigenvalue weighted by atomic mass is 19.1. The number of ether oxygens (including phenoxy) is 1. The molecule has 2 nitrogen and oxygen atoms in total. The number of benzene rings is 1. The molecule has 1 N–H and O–H groups in total. The van der Waals surface area contributed by atoms with Crippen LogP contribution in [0.5, 0.6) is 5.75 Å². The van der Waals surface area contributed by atoms with Crippen LogP contribution in [0.2, 0.25) is 0 Å². The topological polar surface area (TPSA) is 21.3 Å². The van der Waals surface area contributed by atoms with Crippen molar-refractivity contribution < 1.29 is 9.13 Å². The Hall–Kier alpha value is -1.09. The van der Waals surface area contributed by atoms with Crippen LogP contribution in [0.15, 0.2) is 24.3 Å². The maximum Gasteiger partial charge on any atom is 0.126 e. The second-order valence-electron chi connectivity index (χ2n) is 5.20. The molecule has 3 heteroatoms. The van der Waals surface area contributed by atoms with E-state index in [1.54, 1.807) is 6.07 Å². The smallest absolute Gasteiger partial charge is 0.126 e. The van der Waals surface area contributed by atoms with Crippen LogP contribution in [-0.2, 0) is 0 Å². The van der Waals surface area contributed by atoms with Crippen molar-refractivity contribution in [2.45, 2.75) is 45.3 Å². The van der Waals surface area contributed by atoms with Crippen molar-refractivity contribution in [3.05, 3.63) is 30.1 Å². The normalized spacial score (nSPS) is 28.1. The van der Waals surface area contributed by atoms with Gasteiger partial charge in [-0.25, -0.2) is 4.39 Å². The molecular formula is C15H22FNO. The molecule has 1 aromatic carbocycles. The van der Waals surface area contributed by atoms with E-state index >= 15 is 0 Å². The highest BCUT2D eigenvalue weighted by molar-refractivity contribution is 5.23. The van der Waals surface area contributed by atoms with Crippen molar-refractivity contribution >= 4 is 0 Å². The molecule has 1 aliphatic carbocycles. The summed E-state index contributed by atoms with van der Waals surface area (Å²) in [6, 6.07) is 6.81. The fourth-order valence-corrected chi connectivity index (χ4v) is 2.67. The van der Waals surface area contributed by atoms with Gasteiger partial charge in [0.1, 0.15) is 17.7 Å². The molecular weight excluding hydrogens is 229 g/mol. The summed E-state index contributed by atoms with van der Waals surface area (Å²) in [4.78, 5) is 0. The lowest BCUT2D eigenvalue weighted by Gasteiger charge is -2.35. The molecule has 0 radical (unpaired) electrons. The fourth-order valence-electron chi connectivity index (χ4n) is 2.67. The van der Waals surface area contributed by atoms with Gasteiger partial charge < -0.3 is 10.1 Å². The lowest BCUT2D eigenvalue weighted by molar-refractivity contribution is 0.0913. The summed E-state index contributed by atoms with van der Waals surface area (Å²) in [5, 5.41) is 3.47. The molecule has 0 spiro atoms. The Bertz CT molecular complexity index is 383. The molecule has 0 bridgehead atoms. The van der Waals surface area contributed by atoms with Gasteiger partial charge in [0.15, 0.2) is 0 Å². The minimum atomic E-state index is -0.239. The van der Waals surface area contributed by atoms with E-state index in [-0.39, 0.29) is 11.9 Å². The Balaban J connectivity index is 2.03. The van der Waals surface area contributed by atoms with Crippen LogP contribution < -0.4 is 10.1 Å². The maximum absolute atomic E-state index is 13.1. The van der Waals surface area contributed by atoms with Gasteiger partial charge >= 0.3 is 0 Å². The molecule has 1 aliphatic rings. The molecule has 3 unspecified atom stereocenters. The van der Waals surface area contributed by atoms with Gasteiger partial charge in [0.2, 0.25) is 0 Å². The minimum absolute atomic E-state index is 0.149. The molecule has 0 amide bonds. The molecule has 2 rings (SSSR count). The van der Waals surface area contributed by atoms with Gasteiger partial charge in [0.25, 0.3) is 0 Å². The highest BCUT2D eigenvalue weighted by Crippen LogP contribution is 2.28. The van der Waals surface area contributed by atoms with Crippen molar-refractivity contribution in [1.29, 1.82) is 0 Å². The number of nitrogens with one attached hydrogen (secondary N) is 1. The van der Waals surface area contributed by atoms with E-state index in [1.807, 2.05) is 6.07 Å². The van der Waals surface area contributed by atoms with Gasteiger partial charge in [-0.3, -0.25) is 0 Å². The molecule has 0 heterocycles. The first kappa shape index (κ1) is 13.3. The lowest BCUT2D eigenvalue weighted by Crippen LogP contribution is -2.46. The van der Waals surface area contributed by atoms with Gasteiger partial charge in [-0.05, 0) is 43.9 Å².